The Kier molecular flexibility index (Phi) is 2.07. The van der Waals surface area contributed by atoms with Crippen molar-refractivity contribution in [1.29, 1.82) is 0 Å². The average molecular weight is 212 g/mol. The van der Waals surface area contributed by atoms with E-state index in [9.17, 15) is 18.3 Å². The van der Waals surface area contributed by atoms with Crippen LogP contribution in [0.4, 0.5) is 13.2 Å². The summed E-state index contributed by atoms with van der Waals surface area (Å²) in [4.78, 5) is 0. The largest absolute Gasteiger partial charge is 0.507 e. The lowest BCUT2D eigenvalue weighted by Crippen LogP contribution is -2.05. The zero-order chi connectivity index (χ0) is 11.1. The minimum Gasteiger partial charge on any atom is -0.507 e. The Balaban J connectivity index is 2.86. The lowest BCUT2D eigenvalue weighted by Gasteiger charge is -2.10. The van der Waals surface area contributed by atoms with Crippen molar-refractivity contribution in [1.82, 2.24) is 0 Å². The van der Waals surface area contributed by atoms with Gasteiger partial charge in [0.1, 0.15) is 5.75 Å². The summed E-state index contributed by atoms with van der Waals surface area (Å²) in [5, 5.41) is 9.65. The highest BCUT2D eigenvalue weighted by molar-refractivity contribution is 5.91. The van der Waals surface area contributed by atoms with Crippen LogP contribution in [0, 0.1) is 0 Å². The van der Waals surface area contributed by atoms with Gasteiger partial charge in [0.05, 0.1) is 5.56 Å². The van der Waals surface area contributed by atoms with Gasteiger partial charge in [0.25, 0.3) is 0 Å². The highest BCUT2D eigenvalue weighted by atomic mass is 19.4. The fourth-order valence-electron chi connectivity index (χ4n) is 1.56. The summed E-state index contributed by atoms with van der Waals surface area (Å²) in [5.41, 5.74) is -0.807. The third-order valence-corrected chi connectivity index (χ3v) is 2.19. The van der Waals surface area contributed by atoms with Crippen LogP contribution in [0.25, 0.3) is 10.8 Å². The molecule has 0 bridgehead atoms. The topological polar surface area (TPSA) is 20.2 Å². The number of phenolic OH excluding ortho intramolecular Hbond substituents is 1. The normalized spacial score (nSPS) is 11.9. The molecule has 2 aromatic rings. The Hall–Kier alpha value is -1.71. The summed E-state index contributed by atoms with van der Waals surface area (Å²) in [5.74, 6) is -0.347. The van der Waals surface area contributed by atoms with Crippen LogP contribution in [-0.2, 0) is 6.18 Å². The molecule has 0 heterocycles. The number of aromatic hydroxyl groups is 1. The lowest BCUT2D eigenvalue weighted by atomic mass is 10.0. The van der Waals surface area contributed by atoms with Crippen molar-refractivity contribution < 1.29 is 18.3 Å². The number of halogens is 3. The number of hydrogen-bond donors (Lipinski definition) is 1. The van der Waals surface area contributed by atoms with Gasteiger partial charge in [0.2, 0.25) is 0 Å². The number of hydrogen-bond acceptors (Lipinski definition) is 1. The molecule has 0 atom stereocenters. The maximum atomic E-state index is 12.6. The third kappa shape index (κ3) is 1.63. The molecule has 0 aliphatic heterocycles. The Morgan fingerprint density at radius 1 is 0.933 bits per heavy atom. The summed E-state index contributed by atoms with van der Waals surface area (Å²) in [7, 11) is 0. The van der Waals surface area contributed by atoms with Gasteiger partial charge in [-0.15, -0.1) is 0 Å². The number of rotatable bonds is 0. The standard InChI is InChI=1S/C11H7F3O/c12-11(13,14)8-5-1-3-7-4-2-6-9(15)10(7)8/h1-6,15H. The number of benzene rings is 2. The molecule has 15 heavy (non-hydrogen) atoms. The highest BCUT2D eigenvalue weighted by Gasteiger charge is 2.33. The maximum absolute atomic E-state index is 12.6. The average Bonchev–Trinajstić information content (AvgIpc) is 2.16. The van der Waals surface area contributed by atoms with E-state index in [0.29, 0.717) is 5.39 Å². The van der Waals surface area contributed by atoms with E-state index in [2.05, 4.69) is 0 Å². The molecule has 0 spiro atoms. The van der Waals surface area contributed by atoms with Crippen molar-refractivity contribution in [2.45, 2.75) is 6.18 Å². The van der Waals surface area contributed by atoms with Gasteiger partial charge < -0.3 is 5.11 Å². The minimum atomic E-state index is -4.45. The van der Waals surface area contributed by atoms with E-state index >= 15 is 0 Å². The van der Waals surface area contributed by atoms with E-state index in [4.69, 9.17) is 0 Å². The van der Waals surface area contributed by atoms with Crippen LogP contribution in [0.15, 0.2) is 36.4 Å². The van der Waals surface area contributed by atoms with E-state index < -0.39 is 11.7 Å². The summed E-state index contributed by atoms with van der Waals surface area (Å²) in [6.45, 7) is 0. The van der Waals surface area contributed by atoms with Crippen molar-refractivity contribution >= 4 is 10.8 Å². The predicted molar refractivity (Wildman–Crippen MR) is 50.6 cm³/mol. The van der Waals surface area contributed by atoms with Crippen LogP contribution in [0.3, 0.4) is 0 Å². The molecular weight excluding hydrogens is 205 g/mol. The van der Waals surface area contributed by atoms with E-state index in [1.807, 2.05) is 0 Å². The number of phenols is 1. The molecular formula is C11H7F3O. The monoisotopic (exact) mass is 212 g/mol. The van der Waals surface area contributed by atoms with Gasteiger partial charge in [-0.2, -0.15) is 13.2 Å². The van der Waals surface area contributed by atoms with Crippen LogP contribution in [0.5, 0.6) is 5.75 Å². The van der Waals surface area contributed by atoms with Crippen LogP contribution in [-0.4, -0.2) is 5.11 Å². The van der Waals surface area contributed by atoms with E-state index in [0.717, 1.165) is 6.07 Å². The Morgan fingerprint density at radius 3 is 2.13 bits per heavy atom. The quantitative estimate of drug-likeness (QED) is 0.707. The summed E-state index contributed by atoms with van der Waals surface area (Å²) >= 11 is 0. The fraction of sp³-hybridized carbons (Fsp3) is 0.0909. The fourth-order valence-corrected chi connectivity index (χ4v) is 1.56. The third-order valence-electron chi connectivity index (χ3n) is 2.19. The van der Waals surface area contributed by atoms with Crippen LogP contribution >= 0.6 is 0 Å². The zero-order valence-electron chi connectivity index (χ0n) is 7.55. The second-order valence-corrected chi connectivity index (χ2v) is 3.18. The molecule has 2 aromatic carbocycles. The highest BCUT2D eigenvalue weighted by Crippen LogP contribution is 2.38. The molecule has 1 nitrogen and oxygen atoms in total. The molecule has 1 N–H and O–H groups in total. The van der Waals surface area contributed by atoms with Gasteiger partial charge in [-0.05, 0) is 17.5 Å². The van der Waals surface area contributed by atoms with Gasteiger partial charge in [-0.3, -0.25) is 0 Å². The minimum absolute atomic E-state index is 0.146. The van der Waals surface area contributed by atoms with E-state index in [1.54, 1.807) is 0 Å². The first-order chi connectivity index (χ1) is 7.00. The summed E-state index contributed by atoms with van der Waals surface area (Å²) in [6, 6.07) is 8.11. The molecule has 0 saturated carbocycles. The first kappa shape index (κ1) is 9.83. The van der Waals surface area contributed by atoms with Crippen molar-refractivity contribution in [3.8, 4) is 5.75 Å². The first-order valence-corrected chi connectivity index (χ1v) is 4.28. The molecule has 0 unspecified atom stereocenters. The van der Waals surface area contributed by atoms with Gasteiger partial charge >= 0.3 is 6.18 Å². The van der Waals surface area contributed by atoms with Gasteiger partial charge in [0, 0.05) is 5.39 Å². The molecule has 0 radical (unpaired) electrons. The van der Waals surface area contributed by atoms with Crippen molar-refractivity contribution in [2.75, 3.05) is 0 Å². The smallest absolute Gasteiger partial charge is 0.417 e. The Morgan fingerprint density at radius 2 is 1.53 bits per heavy atom. The first-order valence-electron chi connectivity index (χ1n) is 4.28. The second-order valence-electron chi connectivity index (χ2n) is 3.18. The molecule has 0 amide bonds. The van der Waals surface area contributed by atoms with Crippen LogP contribution in [0.1, 0.15) is 5.56 Å². The van der Waals surface area contributed by atoms with Crippen molar-refractivity contribution in [3.05, 3.63) is 42.0 Å². The van der Waals surface area contributed by atoms with Crippen LogP contribution in [0.2, 0.25) is 0 Å². The lowest BCUT2D eigenvalue weighted by molar-refractivity contribution is -0.136. The summed E-state index contributed by atoms with van der Waals surface area (Å²) in [6.07, 6.45) is -4.45. The SMILES string of the molecule is Oc1cccc2cccc(C(F)(F)F)c12. The zero-order valence-corrected chi connectivity index (χ0v) is 7.55. The molecule has 0 aliphatic carbocycles. The summed E-state index contributed by atoms with van der Waals surface area (Å²) < 4.78 is 37.8. The molecule has 0 aliphatic rings. The van der Waals surface area contributed by atoms with E-state index in [-0.39, 0.29) is 11.1 Å². The Labute approximate surface area is 83.8 Å². The molecule has 2 rings (SSSR count). The van der Waals surface area contributed by atoms with Crippen molar-refractivity contribution in [3.63, 3.8) is 0 Å². The number of alkyl halides is 3. The number of fused-ring (bicyclic) bond motifs is 1. The van der Waals surface area contributed by atoms with E-state index in [1.165, 1.54) is 30.3 Å². The second kappa shape index (κ2) is 3.15. The molecule has 0 fully saturated rings. The molecule has 0 saturated heterocycles. The molecule has 78 valence electrons. The van der Waals surface area contributed by atoms with Gasteiger partial charge in [0.15, 0.2) is 0 Å². The van der Waals surface area contributed by atoms with Crippen LogP contribution < -0.4 is 0 Å². The molecule has 4 heteroatoms. The van der Waals surface area contributed by atoms with Gasteiger partial charge in [-0.1, -0.05) is 24.3 Å². The van der Waals surface area contributed by atoms with Gasteiger partial charge in [-0.25, -0.2) is 0 Å². The predicted octanol–water partition coefficient (Wildman–Crippen LogP) is 3.56. The molecule has 0 aromatic heterocycles. The van der Waals surface area contributed by atoms with Crippen molar-refractivity contribution in [2.24, 2.45) is 0 Å². The maximum Gasteiger partial charge on any atom is 0.417 e. The Bertz CT molecular complexity index is 497.